The fourth-order valence-electron chi connectivity index (χ4n) is 1.65. The molecule has 0 aliphatic heterocycles. The Hall–Kier alpha value is -2.24. The Morgan fingerprint density at radius 2 is 1.85 bits per heavy atom. The molecule has 0 amide bonds. The molecular weight excluding hydrogens is 269 g/mol. The Kier molecular flexibility index (Phi) is 3.83. The third kappa shape index (κ3) is 3.01. The molecule has 0 aliphatic carbocycles. The molecule has 0 aromatic carbocycles. The van der Waals surface area contributed by atoms with E-state index in [9.17, 15) is 18.0 Å². The maximum Gasteiger partial charge on any atom is 0.433 e. The average molecular weight is 280 g/mol. The minimum atomic E-state index is -4.45. The number of nitrogens with zero attached hydrogens (tertiary/aromatic N) is 2. The first-order chi connectivity index (χ1) is 9.41. The molecule has 0 saturated heterocycles. The van der Waals surface area contributed by atoms with E-state index in [1.165, 1.54) is 12.3 Å². The van der Waals surface area contributed by atoms with Gasteiger partial charge in [0.2, 0.25) is 0 Å². The monoisotopic (exact) mass is 280 g/mol. The number of Topliss-reactive ketones (excluding diaryl/α,β-unsaturated/α-hetero) is 1. The van der Waals surface area contributed by atoms with E-state index in [4.69, 9.17) is 0 Å². The fourth-order valence-corrected chi connectivity index (χ4v) is 1.65. The SMILES string of the molecule is CCC(=O)c1ccc(-c2ccc(C(F)(F)F)nc2)nc1. The van der Waals surface area contributed by atoms with Crippen molar-refractivity contribution in [3.63, 3.8) is 0 Å². The van der Waals surface area contributed by atoms with Gasteiger partial charge in [0.05, 0.1) is 5.69 Å². The van der Waals surface area contributed by atoms with Crippen LogP contribution in [0.15, 0.2) is 36.7 Å². The summed E-state index contributed by atoms with van der Waals surface area (Å²) in [5, 5.41) is 0. The van der Waals surface area contributed by atoms with Crippen LogP contribution in [0.2, 0.25) is 0 Å². The highest BCUT2D eigenvalue weighted by Crippen LogP contribution is 2.28. The van der Waals surface area contributed by atoms with Gasteiger partial charge >= 0.3 is 6.18 Å². The van der Waals surface area contributed by atoms with Crippen molar-refractivity contribution in [2.75, 3.05) is 0 Å². The molecule has 0 unspecified atom stereocenters. The van der Waals surface area contributed by atoms with Gasteiger partial charge in [-0.05, 0) is 24.3 Å². The van der Waals surface area contributed by atoms with Gasteiger partial charge < -0.3 is 0 Å². The summed E-state index contributed by atoms with van der Waals surface area (Å²) in [6, 6.07) is 5.40. The molecule has 6 heteroatoms. The predicted molar refractivity (Wildman–Crippen MR) is 67.1 cm³/mol. The summed E-state index contributed by atoms with van der Waals surface area (Å²) in [7, 11) is 0. The van der Waals surface area contributed by atoms with E-state index in [0.717, 1.165) is 12.3 Å². The number of rotatable bonds is 3. The Bertz CT molecular complexity index is 604. The molecule has 0 N–H and O–H groups in total. The maximum atomic E-state index is 12.4. The lowest BCUT2D eigenvalue weighted by molar-refractivity contribution is -0.141. The second-order valence-corrected chi connectivity index (χ2v) is 4.14. The van der Waals surface area contributed by atoms with Crippen molar-refractivity contribution in [2.45, 2.75) is 19.5 Å². The molecule has 0 bridgehead atoms. The van der Waals surface area contributed by atoms with Crippen LogP contribution >= 0.6 is 0 Å². The molecule has 3 nitrogen and oxygen atoms in total. The lowest BCUT2D eigenvalue weighted by Gasteiger charge is -2.06. The standard InChI is InChI=1S/C14H11F3N2O/c1-2-12(20)10-3-5-11(18-8-10)9-4-6-13(19-7-9)14(15,16)17/h3-8H,2H2,1H3. The van der Waals surface area contributed by atoms with Gasteiger partial charge in [0.15, 0.2) is 5.78 Å². The van der Waals surface area contributed by atoms with Crippen LogP contribution in [0.5, 0.6) is 0 Å². The van der Waals surface area contributed by atoms with Crippen LogP contribution in [0.4, 0.5) is 13.2 Å². The number of halogens is 3. The van der Waals surface area contributed by atoms with Crippen LogP contribution in [0.3, 0.4) is 0 Å². The van der Waals surface area contributed by atoms with Crippen LogP contribution in [0, 0.1) is 0 Å². The molecule has 0 radical (unpaired) electrons. The van der Waals surface area contributed by atoms with Crippen LogP contribution in [-0.4, -0.2) is 15.8 Å². The minimum Gasteiger partial charge on any atom is -0.294 e. The van der Waals surface area contributed by atoms with Crippen molar-refractivity contribution in [1.82, 2.24) is 9.97 Å². The van der Waals surface area contributed by atoms with Crippen molar-refractivity contribution in [1.29, 1.82) is 0 Å². The number of hydrogen-bond acceptors (Lipinski definition) is 3. The first-order valence-corrected chi connectivity index (χ1v) is 5.94. The molecule has 0 aliphatic rings. The normalized spacial score (nSPS) is 11.4. The van der Waals surface area contributed by atoms with Gasteiger partial charge in [-0.1, -0.05) is 6.92 Å². The van der Waals surface area contributed by atoms with E-state index < -0.39 is 11.9 Å². The smallest absolute Gasteiger partial charge is 0.294 e. The largest absolute Gasteiger partial charge is 0.433 e. The number of carbonyl (C=O) groups is 1. The Balaban J connectivity index is 2.26. The van der Waals surface area contributed by atoms with Gasteiger partial charge in [-0.25, -0.2) is 0 Å². The van der Waals surface area contributed by atoms with Crippen molar-refractivity contribution >= 4 is 5.78 Å². The summed E-state index contributed by atoms with van der Waals surface area (Å²) in [5.41, 5.74) is 0.475. The summed E-state index contributed by atoms with van der Waals surface area (Å²) in [5.74, 6) is -0.0328. The van der Waals surface area contributed by atoms with Crippen molar-refractivity contribution in [3.8, 4) is 11.3 Å². The van der Waals surface area contributed by atoms with Crippen LogP contribution in [0.1, 0.15) is 29.4 Å². The van der Waals surface area contributed by atoms with Crippen molar-refractivity contribution in [2.24, 2.45) is 0 Å². The zero-order valence-corrected chi connectivity index (χ0v) is 10.6. The summed E-state index contributed by atoms with van der Waals surface area (Å²) in [6.07, 6.45) is -1.54. The fraction of sp³-hybridized carbons (Fsp3) is 0.214. The van der Waals surface area contributed by atoms with E-state index in [-0.39, 0.29) is 5.78 Å². The van der Waals surface area contributed by atoms with E-state index >= 15 is 0 Å². The summed E-state index contributed by atoms with van der Waals surface area (Å²) in [6.45, 7) is 1.75. The van der Waals surface area contributed by atoms with E-state index in [1.807, 2.05) is 0 Å². The van der Waals surface area contributed by atoms with Gasteiger partial charge in [-0.15, -0.1) is 0 Å². The molecule has 2 heterocycles. The Morgan fingerprint density at radius 1 is 1.10 bits per heavy atom. The minimum absolute atomic E-state index is 0.0328. The van der Waals surface area contributed by atoms with Crippen LogP contribution < -0.4 is 0 Å². The summed E-state index contributed by atoms with van der Waals surface area (Å²) in [4.78, 5) is 18.9. The molecule has 104 valence electrons. The number of pyridine rings is 2. The van der Waals surface area contributed by atoms with Crippen LogP contribution in [-0.2, 0) is 6.18 Å². The maximum absolute atomic E-state index is 12.4. The van der Waals surface area contributed by atoms with Gasteiger partial charge in [-0.3, -0.25) is 14.8 Å². The van der Waals surface area contributed by atoms with Crippen LogP contribution in [0.25, 0.3) is 11.3 Å². The first-order valence-electron chi connectivity index (χ1n) is 5.94. The number of hydrogen-bond donors (Lipinski definition) is 0. The highest BCUT2D eigenvalue weighted by atomic mass is 19.4. The van der Waals surface area contributed by atoms with Gasteiger partial charge in [0, 0.05) is 29.9 Å². The molecule has 0 atom stereocenters. The molecule has 0 saturated carbocycles. The number of aromatic nitrogens is 2. The molecule has 2 rings (SSSR count). The quantitative estimate of drug-likeness (QED) is 0.804. The molecule has 2 aromatic rings. The summed E-state index contributed by atoms with van der Waals surface area (Å²) < 4.78 is 37.2. The van der Waals surface area contributed by atoms with Gasteiger partial charge in [-0.2, -0.15) is 13.2 Å². The molecule has 20 heavy (non-hydrogen) atoms. The zero-order valence-electron chi connectivity index (χ0n) is 10.6. The van der Waals surface area contributed by atoms with E-state index in [0.29, 0.717) is 23.2 Å². The van der Waals surface area contributed by atoms with Crippen molar-refractivity contribution in [3.05, 3.63) is 47.9 Å². The van der Waals surface area contributed by atoms with Gasteiger partial charge in [0.25, 0.3) is 0 Å². The zero-order chi connectivity index (χ0) is 14.8. The highest BCUT2D eigenvalue weighted by molar-refractivity contribution is 5.95. The highest BCUT2D eigenvalue weighted by Gasteiger charge is 2.32. The topological polar surface area (TPSA) is 42.9 Å². The molecule has 0 fully saturated rings. The second kappa shape index (κ2) is 5.40. The second-order valence-electron chi connectivity index (χ2n) is 4.14. The number of ketones is 1. The third-order valence-electron chi connectivity index (χ3n) is 2.76. The number of alkyl halides is 3. The average Bonchev–Trinajstić information content (AvgIpc) is 2.46. The molecule has 2 aromatic heterocycles. The third-order valence-corrected chi connectivity index (χ3v) is 2.76. The lowest BCUT2D eigenvalue weighted by Crippen LogP contribution is -2.07. The van der Waals surface area contributed by atoms with E-state index in [1.54, 1.807) is 19.1 Å². The molecule has 0 spiro atoms. The summed E-state index contributed by atoms with van der Waals surface area (Å²) >= 11 is 0. The van der Waals surface area contributed by atoms with Gasteiger partial charge in [0.1, 0.15) is 5.69 Å². The van der Waals surface area contributed by atoms with E-state index in [2.05, 4.69) is 9.97 Å². The van der Waals surface area contributed by atoms with Crippen molar-refractivity contribution < 1.29 is 18.0 Å². The number of carbonyl (C=O) groups excluding carboxylic acids is 1. The predicted octanol–water partition coefficient (Wildman–Crippen LogP) is 3.76. The first kappa shape index (κ1) is 14.2. The molecular formula is C14H11F3N2O. The Labute approximate surface area is 113 Å². The Morgan fingerprint density at radius 3 is 2.30 bits per heavy atom. The lowest BCUT2D eigenvalue weighted by atomic mass is 10.1.